The molecule has 0 spiro atoms. The normalized spacial score (nSPS) is 24.6. The Morgan fingerprint density at radius 1 is 1.00 bits per heavy atom. The Morgan fingerprint density at radius 2 is 1.47 bits per heavy atom. The van der Waals surface area contributed by atoms with Gasteiger partial charge in [-0.15, -0.1) is 0 Å². The highest BCUT2D eigenvalue weighted by Crippen LogP contribution is 2.46. The molecule has 2 N–H and O–H groups in total. The first-order valence-electron chi connectivity index (χ1n) is 4.20. The zero-order valence-electron chi connectivity index (χ0n) is 7.41. The van der Waals surface area contributed by atoms with E-state index >= 15 is 0 Å². The van der Waals surface area contributed by atoms with Crippen LogP contribution in [0.5, 0.6) is 0 Å². The summed E-state index contributed by atoms with van der Waals surface area (Å²) in [6.45, 7) is 0.0408. The monoisotopic (exact) mass is 237 g/mol. The van der Waals surface area contributed by atoms with Crippen molar-refractivity contribution >= 4 is 0 Å². The lowest BCUT2D eigenvalue weighted by atomic mass is 9.91. The van der Waals surface area contributed by atoms with Crippen molar-refractivity contribution in [3.8, 4) is 0 Å². The number of alkyl halides is 6. The summed E-state index contributed by atoms with van der Waals surface area (Å²) >= 11 is 0. The van der Waals surface area contributed by atoms with Crippen molar-refractivity contribution in [2.24, 2.45) is 0 Å². The van der Waals surface area contributed by atoms with Gasteiger partial charge in [0.15, 0.2) is 0 Å². The smallest absolute Gasteiger partial charge is 0.372 e. The van der Waals surface area contributed by atoms with E-state index in [1.165, 1.54) is 0 Å². The molecule has 90 valence electrons. The zero-order valence-corrected chi connectivity index (χ0v) is 7.41. The zero-order chi connectivity index (χ0) is 11.9. The van der Waals surface area contributed by atoms with Gasteiger partial charge in [-0.2, -0.15) is 26.3 Å². The van der Waals surface area contributed by atoms with E-state index in [0.29, 0.717) is 0 Å². The molecule has 1 aliphatic rings. The molecule has 1 fully saturated rings. The van der Waals surface area contributed by atoms with Crippen LogP contribution in [0.1, 0.15) is 12.8 Å². The second-order valence-corrected chi connectivity index (χ2v) is 3.41. The third-order valence-electron chi connectivity index (χ3n) is 2.43. The van der Waals surface area contributed by atoms with Gasteiger partial charge in [-0.1, -0.05) is 0 Å². The molecule has 0 aromatic rings. The fraction of sp³-hybridized carbons (Fsp3) is 1.00. The van der Waals surface area contributed by atoms with Crippen LogP contribution in [0.4, 0.5) is 26.3 Å². The summed E-state index contributed by atoms with van der Waals surface area (Å²) in [7, 11) is 0. The molecule has 0 bridgehead atoms. The Balaban J connectivity index is 3.06. The summed E-state index contributed by atoms with van der Waals surface area (Å²) < 4.78 is 73.5. The van der Waals surface area contributed by atoms with Crippen molar-refractivity contribution in [1.29, 1.82) is 0 Å². The van der Waals surface area contributed by atoms with E-state index in [4.69, 9.17) is 5.11 Å². The Labute approximate surface area is 81.3 Å². The van der Waals surface area contributed by atoms with Crippen molar-refractivity contribution in [3.63, 3.8) is 0 Å². The van der Waals surface area contributed by atoms with Crippen LogP contribution >= 0.6 is 0 Å². The standard InChI is InChI=1S/C7H9F6NO/c8-6(9,10)5(15,7(11,12)13)4-2-1-3-14-4/h4,14-15H,1-3H2. The summed E-state index contributed by atoms with van der Waals surface area (Å²) in [5, 5.41) is 10.9. The van der Waals surface area contributed by atoms with Gasteiger partial charge in [0, 0.05) is 0 Å². The first-order chi connectivity index (χ1) is 6.61. The van der Waals surface area contributed by atoms with E-state index in [-0.39, 0.29) is 19.4 Å². The van der Waals surface area contributed by atoms with Gasteiger partial charge in [0.05, 0.1) is 6.04 Å². The van der Waals surface area contributed by atoms with Crippen molar-refractivity contribution in [2.75, 3.05) is 6.54 Å². The number of rotatable bonds is 1. The third-order valence-corrected chi connectivity index (χ3v) is 2.43. The van der Waals surface area contributed by atoms with Gasteiger partial charge in [0.25, 0.3) is 5.60 Å². The predicted octanol–water partition coefficient (Wildman–Crippen LogP) is 1.59. The highest BCUT2D eigenvalue weighted by atomic mass is 19.4. The van der Waals surface area contributed by atoms with Gasteiger partial charge in [0.1, 0.15) is 0 Å². The van der Waals surface area contributed by atoms with Crippen LogP contribution in [0.15, 0.2) is 0 Å². The quantitative estimate of drug-likeness (QED) is 0.679. The van der Waals surface area contributed by atoms with Gasteiger partial charge in [-0.05, 0) is 19.4 Å². The van der Waals surface area contributed by atoms with Crippen molar-refractivity contribution in [2.45, 2.75) is 36.8 Å². The molecule has 0 saturated carbocycles. The summed E-state index contributed by atoms with van der Waals surface area (Å²) in [6.07, 6.45) is -11.6. The lowest BCUT2D eigenvalue weighted by Gasteiger charge is -2.36. The Kier molecular flexibility index (Phi) is 2.94. The van der Waals surface area contributed by atoms with Gasteiger partial charge in [0.2, 0.25) is 0 Å². The van der Waals surface area contributed by atoms with Gasteiger partial charge < -0.3 is 10.4 Å². The average Bonchev–Trinajstić information content (AvgIpc) is 2.49. The second-order valence-electron chi connectivity index (χ2n) is 3.41. The van der Waals surface area contributed by atoms with Crippen molar-refractivity contribution < 1.29 is 31.4 Å². The van der Waals surface area contributed by atoms with E-state index < -0.39 is 24.0 Å². The maximum absolute atomic E-state index is 12.2. The molecular weight excluding hydrogens is 228 g/mol. The van der Waals surface area contributed by atoms with E-state index in [0.717, 1.165) is 0 Å². The lowest BCUT2D eigenvalue weighted by Crippen LogP contribution is -2.66. The topological polar surface area (TPSA) is 32.3 Å². The molecule has 0 aromatic carbocycles. The molecule has 8 heteroatoms. The van der Waals surface area contributed by atoms with Crippen LogP contribution in [0.25, 0.3) is 0 Å². The molecule has 15 heavy (non-hydrogen) atoms. The molecule has 0 aromatic heterocycles. The largest absolute Gasteiger partial charge is 0.427 e. The molecule has 1 aliphatic heterocycles. The molecule has 0 radical (unpaired) electrons. The van der Waals surface area contributed by atoms with Crippen LogP contribution in [0.2, 0.25) is 0 Å². The lowest BCUT2D eigenvalue weighted by molar-refractivity contribution is -0.375. The van der Waals surface area contributed by atoms with E-state index in [9.17, 15) is 26.3 Å². The SMILES string of the molecule is OC(C1CCCN1)(C(F)(F)F)C(F)(F)F. The molecule has 0 aliphatic carbocycles. The maximum atomic E-state index is 12.2. The minimum Gasteiger partial charge on any atom is -0.372 e. The van der Waals surface area contributed by atoms with Crippen molar-refractivity contribution in [3.05, 3.63) is 0 Å². The highest BCUT2D eigenvalue weighted by Gasteiger charge is 2.73. The predicted molar refractivity (Wildman–Crippen MR) is 38.1 cm³/mol. The van der Waals surface area contributed by atoms with Crippen molar-refractivity contribution in [1.82, 2.24) is 5.32 Å². The molecule has 2 nitrogen and oxygen atoms in total. The summed E-state index contributed by atoms with van der Waals surface area (Å²) in [6, 6.07) is -2.02. The van der Waals surface area contributed by atoms with Gasteiger partial charge in [-0.3, -0.25) is 0 Å². The van der Waals surface area contributed by atoms with Gasteiger partial charge in [-0.25, -0.2) is 0 Å². The Morgan fingerprint density at radius 3 is 1.73 bits per heavy atom. The number of hydrogen-bond acceptors (Lipinski definition) is 2. The van der Waals surface area contributed by atoms with Crippen LogP contribution in [-0.2, 0) is 0 Å². The van der Waals surface area contributed by atoms with Crippen LogP contribution in [-0.4, -0.2) is 35.6 Å². The van der Waals surface area contributed by atoms with Gasteiger partial charge >= 0.3 is 12.4 Å². The molecular formula is C7H9F6NO. The molecule has 0 amide bonds. The third kappa shape index (κ3) is 1.92. The second kappa shape index (κ2) is 3.51. The number of nitrogens with one attached hydrogen (secondary N) is 1. The molecule has 1 unspecified atom stereocenters. The minimum absolute atomic E-state index is 0.0408. The Hall–Kier alpha value is -0.500. The first-order valence-corrected chi connectivity index (χ1v) is 4.20. The molecule has 1 atom stereocenters. The minimum atomic E-state index is -5.73. The summed E-state index contributed by atoms with van der Waals surface area (Å²) in [5.41, 5.74) is -4.66. The fourth-order valence-electron chi connectivity index (χ4n) is 1.60. The van der Waals surface area contributed by atoms with E-state index in [2.05, 4.69) is 0 Å². The molecule has 1 heterocycles. The fourth-order valence-corrected chi connectivity index (χ4v) is 1.60. The van der Waals surface area contributed by atoms with E-state index in [1.54, 1.807) is 0 Å². The summed E-state index contributed by atoms with van der Waals surface area (Å²) in [5.74, 6) is 0. The number of hydrogen-bond donors (Lipinski definition) is 2. The van der Waals surface area contributed by atoms with Crippen LogP contribution in [0, 0.1) is 0 Å². The molecule has 1 saturated heterocycles. The maximum Gasteiger partial charge on any atom is 0.427 e. The summed E-state index contributed by atoms with van der Waals surface area (Å²) in [4.78, 5) is 0. The molecule has 1 rings (SSSR count). The van der Waals surface area contributed by atoms with Crippen LogP contribution in [0.3, 0.4) is 0 Å². The highest BCUT2D eigenvalue weighted by molar-refractivity contribution is 5.04. The number of halogens is 6. The average molecular weight is 237 g/mol. The van der Waals surface area contributed by atoms with Crippen LogP contribution < -0.4 is 5.32 Å². The van der Waals surface area contributed by atoms with E-state index in [1.807, 2.05) is 5.32 Å². The number of aliphatic hydroxyl groups is 1. The first kappa shape index (κ1) is 12.6. The Bertz CT molecular complexity index is 215.